The van der Waals surface area contributed by atoms with Crippen molar-refractivity contribution >= 4 is 5.91 Å². The smallest absolute Gasteiger partial charge is 0.251 e. The third-order valence-electron chi connectivity index (χ3n) is 3.09. The predicted molar refractivity (Wildman–Crippen MR) is 65.0 cm³/mol. The number of H-pyrrole nitrogens is 1. The lowest BCUT2D eigenvalue weighted by Gasteiger charge is -2.29. The van der Waals surface area contributed by atoms with Crippen molar-refractivity contribution in [3.8, 4) is 0 Å². The summed E-state index contributed by atoms with van der Waals surface area (Å²) >= 11 is 0. The molecule has 2 N–H and O–H groups in total. The Bertz CT molecular complexity index is 447. The number of amides is 1. The standard InChI is InChI=1S/C12H17N3O2/c1-15-6-3-10(4-7-15)14-12(17)9-2-5-13-11(16)8-9/h2,5,8,10H,3-4,6-7H2,1H3,(H,13,16)(H,14,17). The van der Waals surface area contributed by atoms with Crippen molar-refractivity contribution in [2.24, 2.45) is 0 Å². The Hall–Kier alpha value is -1.62. The fraction of sp³-hybridized carbons (Fsp3) is 0.500. The summed E-state index contributed by atoms with van der Waals surface area (Å²) in [7, 11) is 2.08. The molecular formula is C12H17N3O2. The molecule has 1 aromatic heterocycles. The molecule has 0 radical (unpaired) electrons. The van der Waals surface area contributed by atoms with Crippen molar-refractivity contribution in [2.75, 3.05) is 20.1 Å². The molecule has 1 aliphatic heterocycles. The number of carbonyl (C=O) groups excluding carboxylic acids is 1. The maximum atomic E-state index is 11.9. The number of hydrogen-bond donors (Lipinski definition) is 2. The molecular weight excluding hydrogens is 218 g/mol. The summed E-state index contributed by atoms with van der Waals surface area (Å²) in [6.45, 7) is 2.00. The molecule has 2 heterocycles. The van der Waals surface area contributed by atoms with Crippen LogP contribution in [0.5, 0.6) is 0 Å². The van der Waals surface area contributed by atoms with Gasteiger partial charge in [-0.2, -0.15) is 0 Å². The molecule has 0 bridgehead atoms. The highest BCUT2D eigenvalue weighted by atomic mass is 16.2. The zero-order valence-electron chi connectivity index (χ0n) is 9.90. The molecule has 5 nitrogen and oxygen atoms in total. The lowest BCUT2D eigenvalue weighted by molar-refractivity contribution is 0.0916. The van der Waals surface area contributed by atoms with Crippen molar-refractivity contribution < 1.29 is 4.79 Å². The van der Waals surface area contributed by atoms with Crippen LogP contribution in [0, 0.1) is 0 Å². The van der Waals surface area contributed by atoms with Crippen LogP contribution in [0.2, 0.25) is 0 Å². The number of hydrogen-bond acceptors (Lipinski definition) is 3. The Morgan fingerprint density at radius 3 is 2.82 bits per heavy atom. The number of nitrogens with zero attached hydrogens (tertiary/aromatic N) is 1. The molecule has 1 aliphatic rings. The van der Waals surface area contributed by atoms with E-state index >= 15 is 0 Å². The fourth-order valence-electron chi connectivity index (χ4n) is 2.01. The predicted octanol–water partition coefficient (Wildman–Crippen LogP) is 0.199. The number of aromatic amines is 1. The highest BCUT2D eigenvalue weighted by molar-refractivity contribution is 5.94. The largest absolute Gasteiger partial charge is 0.349 e. The number of rotatable bonds is 2. The van der Waals surface area contributed by atoms with E-state index in [4.69, 9.17) is 0 Å². The summed E-state index contributed by atoms with van der Waals surface area (Å²) in [6, 6.07) is 3.16. The van der Waals surface area contributed by atoms with Gasteiger partial charge in [0.1, 0.15) is 0 Å². The number of likely N-dealkylation sites (tertiary alicyclic amines) is 1. The lowest BCUT2D eigenvalue weighted by atomic mass is 10.1. The second-order valence-corrected chi connectivity index (χ2v) is 4.49. The SMILES string of the molecule is CN1CCC(NC(=O)c2cc[nH]c(=O)c2)CC1. The highest BCUT2D eigenvalue weighted by Gasteiger charge is 2.18. The zero-order valence-corrected chi connectivity index (χ0v) is 9.90. The molecule has 0 aromatic carbocycles. The van der Waals surface area contributed by atoms with Gasteiger partial charge in [-0.05, 0) is 39.0 Å². The van der Waals surface area contributed by atoms with Gasteiger partial charge >= 0.3 is 0 Å². The van der Waals surface area contributed by atoms with E-state index in [0.717, 1.165) is 25.9 Å². The third-order valence-corrected chi connectivity index (χ3v) is 3.09. The van der Waals surface area contributed by atoms with E-state index in [0.29, 0.717) is 5.56 Å². The Morgan fingerprint density at radius 2 is 2.18 bits per heavy atom. The Labute approximate surface area is 99.8 Å². The highest BCUT2D eigenvalue weighted by Crippen LogP contribution is 2.08. The minimum Gasteiger partial charge on any atom is -0.349 e. The summed E-state index contributed by atoms with van der Waals surface area (Å²) in [4.78, 5) is 27.7. The van der Waals surface area contributed by atoms with Crippen LogP contribution in [0.1, 0.15) is 23.2 Å². The summed E-state index contributed by atoms with van der Waals surface area (Å²) in [5, 5.41) is 2.96. The minimum absolute atomic E-state index is 0.161. The van der Waals surface area contributed by atoms with Crippen molar-refractivity contribution in [3.05, 3.63) is 34.2 Å². The van der Waals surface area contributed by atoms with Crippen molar-refractivity contribution in [1.29, 1.82) is 0 Å². The first-order valence-corrected chi connectivity index (χ1v) is 5.83. The van der Waals surface area contributed by atoms with Gasteiger partial charge in [0.2, 0.25) is 5.56 Å². The van der Waals surface area contributed by atoms with Crippen LogP contribution in [0.25, 0.3) is 0 Å². The first kappa shape index (κ1) is 11.9. The van der Waals surface area contributed by atoms with E-state index in [1.807, 2.05) is 0 Å². The maximum absolute atomic E-state index is 11.9. The molecule has 0 saturated carbocycles. The van der Waals surface area contributed by atoms with E-state index in [1.165, 1.54) is 12.3 Å². The minimum atomic E-state index is -0.249. The number of aromatic nitrogens is 1. The first-order valence-electron chi connectivity index (χ1n) is 5.83. The van der Waals surface area contributed by atoms with Crippen LogP contribution < -0.4 is 10.9 Å². The molecule has 0 spiro atoms. The molecule has 17 heavy (non-hydrogen) atoms. The molecule has 1 fully saturated rings. The van der Waals surface area contributed by atoms with Crippen LogP contribution in [-0.2, 0) is 0 Å². The summed E-state index contributed by atoms with van der Waals surface area (Å²) in [5.74, 6) is -0.161. The number of carbonyl (C=O) groups is 1. The monoisotopic (exact) mass is 235 g/mol. The van der Waals surface area contributed by atoms with Gasteiger partial charge in [-0.3, -0.25) is 9.59 Å². The van der Waals surface area contributed by atoms with Crippen LogP contribution in [0.3, 0.4) is 0 Å². The van der Waals surface area contributed by atoms with Gasteiger partial charge in [-0.25, -0.2) is 0 Å². The Balaban J connectivity index is 1.95. The number of piperidine rings is 1. The average molecular weight is 235 g/mol. The Kier molecular flexibility index (Phi) is 3.58. The molecule has 1 aromatic rings. The number of nitrogens with one attached hydrogen (secondary N) is 2. The van der Waals surface area contributed by atoms with Gasteiger partial charge in [0.15, 0.2) is 0 Å². The van der Waals surface area contributed by atoms with Gasteiger partial charge < -0.3 is 15.2 Å². The second kappa shape index (κ2) is 5.14. The molecule has 1 saturated heterocycles. The molecule has 0 atom stereocenters. The Morgan fingerprint density at radius 1 is 1.47 bits per heavy atom. The van der Waals surface area contributed by atoms with Crippen molar-refractivity contribution in [3.63, 3.8) is 0 Å². The third kappa shape index (κ3) is 3.17. The molecule has 2 rings (SSSR count). The normalized spacial score (nSPS) is 17.9. The molecule has 0 aliphatic carbocycles. The molecule has 1 amide bonds. The van der Waals surface area contributed by atoms with E-state index in [-0.39, 0.29) is 17.5 Å². The van der Waals surface area contributed by atoms with Crippen LogP contribution in [0.15, 0.2) is 23.1 Å². The quantitative estimate of drug-likeness (QED) is 0.769. The van der Waals surface area contributed by atoms with Gasteiger partial charge in [0, 0.05) is 23.9 Å². The van der Waals surface area contributed by atoms with E-state index in [2.05, 4.69) is 22.2 Å². The summed E-state index contributed by atoms with van der Waals surface area (Å²) < 4.78 is 0. The van der Waals surface area contributed by atoms with Crippen LogP contribution in [-0.4, -0.2) is 42.0 Å². The fourth-order valence-corrected chi connectivity index (χ4v) is 2.01. The van der Waals surface area contributed by atoms with Crippen LogP contribution in [0.4, 0.5) is 0 Å². The topological polar surface area (TPSA) is 65.2 Å². The number of pyridine rings is 1. The van der Waals surface area contributed by atoms with Gasteiger partial charge in [0.25, 0.3) is 5.91 Å². The molecule has 0 unspecified atom stereocenters. The summed E-state index contributed by atoms with van der Waals surface area (Å²) in [6.07, 6.45) is 3.42. The van der Waals surface area contributed by atoms with Gasteiger partial charge in [-0.1, -0.05) is 0 Å². The molecule has 5 heteroatoms. The summed E-state index contributed by atoms with van der Waals surface area (Å²) in [5.41, 5.74) is 0.175. The zero-order chi connectivity index (χ0) is 12.3. The van der Waals surface area contributed by atoms with Crippen molar-refractivity contribution in [2.45, 2.75) is 18.9 Å². The van der Waals surface area contributed by atoms with Gasteiger partial charge in [0.05, 0.1) is 0 Å². The average Bonchev–Trinajstić information content (AvgIpc) is 2.32. The van der Waals surface area contributed by atoms with Crippen LogP contribution >= 0.6 is 0 Å². The van der Waals surface area contributed by atoms with E-state index < -0.39 is 0 Å². The lowest BCUT2D eigenvalue weighted by Crippen LogP contribution is -2.43. The van der Waals surface area contributed by atoms with Crippen molar-refractivity contribution in [1.82, 2.24) is 15.2 Å². The van der Waals surface area contributed by atoms with E-state index in [9.17, 15) is 9.59 Å². The van der Waals surface area contributed by atoms with Gasteiger partial charge in [-0.15, -0.1) is 0 Å². The first-order chi connectivity index (χ1) is 8.15. The second-order valence-electron chi connectivity index (χ2n) is 4.49. The molecule has 92 valence electrons. The maximum Gasteiger partial charge on any atom is 0.251 e. The van der Waals surface area contributed by atoms with E-state index in [1.54, 1.807) is 6.07 Å².